The van der Waals surface area contributed by atoms with Crippen LogP contribution in [0.5, 0.6) is 0 Å². The fourth-order valence-corrected chi connectivity index (χ4v) is 3.07. The van der Waals surface area contributed by atoms with Crippen molar-refractivity contribution in [1.29, 1.82) is 0 Å². The number of carbonyl (C=O) groups excluding carboxylic acids is 1. The van der Waals surface area contributed by atoms with Crippen LogP contribution in [-0.4, -0.2) is 40.9 Å². The van der Waals surface area contributed by atoms with E-state index in [1.165, 1.54) is 11.8 Å². The van der Waals surface area contributed by atoms with E-state index in [4.69, 9.17) is 14.4 Å². The van der Waals surface area contributed by atoms with Crippen LogP contribution in [0.2, 0.25) is 0 Å². The van der Waals surface area contributed by atoms with E-state index in [0.29, 0.717) is 12.2 Å². The summed E-state index contributed by atoms with van der Waals surface area (Å²) in [6, 6.07) is 8.02. The van der Waals surface area contributed by atoms with Crippen LogP contribution in [0, 0.1) is 0 Å². The van der Waals surface area contributed by atoms with E-state index < -0.39 is 18.3 Å². The van der Waals surface area contributed by atoms with Crippen LogP contribution in [0.15, 0.2) is 29.7 Å². The van der Waals surface area contributed by atoms with Gasteiger partial charge in [-0.25, -0.2) is 0 Å². The molecule has 1 aromatic carbocycles. The summed E-state index contributed by atoms with van der Waals surface area (Å²) in [4.78, 5) is 11.4. The molecule has 0 spiro atoms. The Hall–Kier alpha value is -1.08. The molecule has 136 valence electrons. The number of hydrogen-bond donors (Lipinski definition) is 1. The first kappa shape index (κ1) is 20.2. The van der Waals surface area contributed by atoms with Gasteiger partial charge in [-0.1, -0.05) is 42.1 Å². The number of thioether (sulfide) groups is 1. The summed E-state index contributed by atoms with van der Waals surface area (Å²) in [6.07, 6.45) is 2.68. The largest absolute Gasteiger partial charge is 0.491 e. The van der Waals surface area contributed by atoms with E-state index in [0.717, 1.165) is 16.6 Å². The maximum atomic E-state index is 11.4. The first-order valence-corrected chi connectivity index (χ1v) is 9.52. The number of aliphatic hydroxyl groups is 1. The van der Waals surface area contributed by atoms with Crippen molar-refractivity contribution in [2.45, 2.75) is 52.2 Å². The van der Waals surface area contributed by atoms with Gasteiger partial charge in [0, 0.05) is 19.3 Å². The van der Waals surface area contributed by atoms with Crippen LogP contribution >= 0.6 is 11.8 Å². The first-order chi connectivity index (χ1) is 11.6. The minimum atomic E-state index is -0.464. The predicted octanol–water partition coefficient (Wildman–Crippen LogP) is 3.52. The summed E-state index contributed by atoms with van der Waals surface area (Å²) in [5, 5.41) is 9.09. The lowest BCUT2D eigenvalue weighted by atomic mass is 9.78. The maximum Gasteiger partial charge on any atom is 0.491 e. The van der Waals surface area contributed by atoms with Crippen molar-refractivity contribution < 1.29 is 19.2 Å². The lowest BCUT2D eigenvalue weighted by molar-refractivity contribution is -0.109. The zero-order valence-corrected chi connectivity index (χ0v) is 16.5. The van der Waals surface area contributed by atoms with E-state index in [-0.39, 0.29) is 11.7 Å². The molecule has 1 N–H and O–H groups in total. The van der Waals surface area contributed by atoms with Gasteiger partial charge < -0.3 is 14.4 Å². The molecule has 0 bridgehead atoms. The Morgan fingerprint density at radius 1 is 1.16 bits per heavy atom. The van der Waals surface area contributed by atoms with Crippen molar-refractivity contribution >= 4 is 30.1 Å². The van der Waals surface area contributed by atoms with Gasteiger partial charge in [0.15, 0.2) is 5.12 Å². The van der Waals surface area contributed by atoms with Gasteiger partial charge in [0.1, 0.15) is 0 Å². The smallest absolute Gasteiger partial charge is 0.400 e. The van der Waals surface area contributed by atoms with Crippen LogP contribution in [0.1, 0.15) is 45.7 Å². The van der Waals surface area contributed by atoms with Crippen molar-refractivity contribution in [3.05, 3.63) is 40.9 Å². The molecule has 1 heterocycles. The summed E-state index contributed by atoms with van der Waals surface area (Å²) in [6.45, 7) is 9.79. The SMILES string of the molecule is CC(=O)SCC(=Cc1ccc(CCO)cc1)B1OC(C)(C)C(C)(C)O1. The normalized spacial score (nSPS) is 19.3. The van der Waals surface area contributed by atoms with E-state index in [2.05, 4.69) is 0 Å². The van der Waals surface area contributed by atoms with E-state index >= 15 is 0 Å². The van der Waals surface area contributed by atoms with Crippen LogP contribution in [0.4, 0.5) is 0 Å². The number of benzene rings is 1. The molecule has 1 saturated heterocycles. The maximum absolute atomic E-state index is 11.4. The molecule has 1 aromatic rings. The third-order valence-electron chi connectivity index (χ3n) is 4.73. The number of rotatable bonds is 6. The van der Waals surface area contributed by atoms with E-state index in [1.54, 1.807) is 6.92 Å². The second kappa shape index (κ2) is 8.08. The average molecular weight is 362 g/mol. The highest BCUT2D eigenvalue weighted by atomic mass is 32.2. The topological polar surface area (TPSA) is 55.8 Å². The Kier molecular flexibility index (Phi) is 6.54. The van der Waals surface area contributed by atoms with Gasteiger partial charge in [0.2, 0.25) is 0 Å². The van der Waals surface area contributed by atoms with Gasteiger partial charge in [-0.2, -0.15) is 0 Å². The minimum Gasteiger partial charge on any atom is -0.400 e. The molecular weight excluding hydrogens is 335 g/mol. The van der Waals surface area contributed by atoms with Gasteiger partial charge >= 0.3 is 7.12 Å². The Labute approximate surface area is 155 Å². The van der Waals surface area contributed by atoms with E-state index in [1.807, 2.05) is 58.0 Å². The zero-order chi connectivity index (χ0) is 18.7. The predicted molar refractivity (Wildman–Crippen MR) is 104 cm³/mol. The summed E-state index contributed by atoms with van der Waals surface area (Å²) >= 11 is 1.26. The van der Waals surface area contributed by atoms with E-state index in [9.17, 15) is 4.79 Å². The number of aliphatic hydroxyl groups excluding tert-OH is 1. The molecule has 0 aromatic heterocycles. The summed E-state index contributed by atoms with van der Waals surface area (Å²) in [5.74, 6) is 0.532. The van der Waals surface area contributed by atoms with Crippen molar-refractivity contribution in [3.8, 4) is 0 Å². The highest BCUT2D eigenvalue weighted by Gasteiger charge is 2.52. The Bertz CT molecular complexity index is 621. The molecule has 1 aliphatic heterocycles. The fourth-order valence-electron chi connectivity index (χ4n) is 2.48. The van der Waals surface area contributed by atoms with Gasteiger partial charge in [0.05, 0.1) is 11.2 Å². The summed E-state index contributed by atoms with van der Waals surface area (Å²) in [7, 11) is -0.464. The van der Waals surface area contributed by atoms with Crippen molar-refractivity contribution in [2.75, 3.05) is 12.4 Å². The Morgan fingerprint density at radius 2 is 1.72 bits per heavy atom. The molecule has 0 radical (unpaired) electrons. The third-order valence-corrected chi connectivity index (χ3v) is 5.61. The van der Waals surface area contributed by atoms with Gasteiger partial charge in [0.25, 0.3) is 0 Å². The second-order valence-electron chi connectivity index (χ2n) is 7.30. The van der Waals surface area contributed by atoms with Gasteiger partial charge in [-0.05, 0) is 50.7 Å². The molecule has 1 aliphatic rings. The fraction of sp³-hybridized carbons (Fsp3) is 0.526. The Balaban J connectivity index is 2.25. The summed E-state index contributed by atoms with van der Waals surface area (Å²) < 4.78 is 12.3. The molecule has 1 fully saturated rings. The number of hydrogen-bond acceptors (Lipinski definition) is 5. The quantitative estimate of drug-likeness (QED) is 0.785. The van der Waals surface area contributed by atoms with Crippen LogP contribution < -0.4 is 0 Å². The van der Waals surface area contributed by atoms with Crippen molar-refractivity contribution in [2.24, 2.45) is 0 Å². The summed E-state index contributed by atoms with van der Waals surface area (Å²) in [5.41, 5.74) is 2.23. The highest BCUT2D eigenvalue weighted by molar-refractivity contribution is 8.13. The molecule has 6 heteroatoms. The molecule has 0 amide bonds. The van der Waals surface area contributed by atoms with Crippen LogP contribution in [0.3, 0.4) is 0 Å². The lowest BCUT2D eigenvalue weighted by Crippen LogP contribution is -2.41. The van der Waals surface area contributed by atoms with Crippen molar-refractivity contribution in [3.63, 3.8) is 0 Å². The molecule has 25 heavy (non-hydrogen) atoms. The molecule has 2 rings (SSSR count). The zero-order valence-electron chi connectivity index (χ0n) is 15.7. The molecule has 4 nitrogen and oxygen atoms in total. The average Bonchev–Trinajstić information content (AvgIpc) is 2.73. The molecule has 0 atom stereocenters. The van der Waals surface area contributed by atoms with Crippen molar-refractivity contribution in [1.82, 2.24) is 0 Å². The third kappa shape index (κ3) is 5.20. The lowest BCUT2D eigenvalue weighted by Gasteiger charge is -2.32. The van der Waals surface area contributed by atoms with Crippen LogP contribution in [-0.2, 0) is 20.5 Å². The molecular formula is C19H27BO4S. The molecule has 0 unspecified atom stereocenters. The second-order valence-corrected chi connectivity index (χ2v) is 8.46. The van der Waals surface area contributed by atoms with Gasteiger partial charge in [-0.15, -0.1) is 0 Å². The Morgan fingerprint density at radius 3 is 2.20 bits per heavy atom. The highest BCUT2D eigenvalue weighted by Crippen LogP contribution is 2.39. The number of carbonyl (C=O) groups is 1. The molecule has 0 saturated carbocycles. The minimum absolute atomic E-state index is 0.0701. The monoisotopic (exact) mass is 362 g/mol. The van der Waals surface area contributed by atoms with Crippen LogP contribution in [0.25, 0.3) is 6.08 Å². The standard InChI is InChI=1S/C19H27BO4S/c1-14(22)25-13-17(20-23-18(2,3)19(4,5)24-20)12-16-8-6-15(7-9-16)10-11-21/h6-9,12,21H,10-11,13H2,1-5H3. The van der Waals surface area contributed by atoms with Gasteiger partial charge in [-0.3, -0.25) is 4.79 Å². The molecule has 0 aliphatic carbocycles. The first-order valence-electron chi connectivity index (χ1n) is 8.54.